The average molecular weight is 283 g/mol. The van der Waals surface area contributed by atoms with Crippen LogP contribution >= 0.6 is 0 Å². The number of rotatable bonds is 3. The van der Waals surface area contributed by atoms with E-state index >= 15 is 0 Å². The summed E-state index contributed by atoms with van der Waals surface area (Å²) >= 11 is 0. The van der Waals surface area contributed by atoms with E-state index in [1.165, 1.54) is 24.3 Å². The zero-order valence-corrected chi connectivity index (χ0v) is 11.1. The molecule has 0 aliphatic heterocycles. The predicted molar refractivity (Wildman–Crippen MR) is 72.4 cm³/mol. The van der Waals surface area contributed by atoms with Gasteiger partial charge < -0.3 is 4.74 Å². The molecule has 106 valence electrons. The highest BCUT2D eigenvalue weighted by Crippen LogP contribution is 2.79. The Hall–Kier alpha value is -2.17. The van der Waals surface area contributed by atoms with E-state index < -0.39 is 4.92 Å². The Morgan fingerprint density at radius 1 is 1.00 bits per heavy atom. The van der Waals surface area contributed by atoms with Crippen molar-refractivity contribution in [1.82, 2.24) is 0 Å². The van der Waals surface area contributed by atoms with E-state index in [0.717, 1.165) is 11.8 Å². The summed E-state index contributed by atoms with van der Waals surface area (Å²) in [5.41, 5.74) is 0.376. The topological polar surface area (TPSA) is 69.4 Å². The molecule has 5 unspecified atom stereocenters. The van der Waals surface area contributed by atoms with E-state index in [1.54, 1.807) is 0 Å². The second-order valence-electron chi connectivity index (χ2n) is 6.52. The van der Waals surface area contributed by atoms with Gasteiger partial charge in [-0.05, 0) is 35.8 Å². The third-order valence-electron chi connectivity index (χ3n) is 5.84. The quantitative estimate of drug-likeness (QED) is 0.370. The van der Waals surface area contributed by atoms with Gasteiger partial charge in [0.2, 0.25) is 0 Å². The Balaban J connectivity index is 1.34. The molecule has 0 N–H and O–H groups in total. The first-order valence-corrected chi connectivity index (χ1v) is 7.30. The number of ether oxygens (including phenoxy) is 1. The number of esters is 1. The molecule has 0 heterocycles. The summed E-state index contributed by atoms with van der Waals surface area (Å²) in [5.74, 6) is 3.44. The minimum atomic E-state index is -0.473. The summed E-state index contributed by atoms with van der Waals surface area (Å²) in [6.45, 7) is 0. The number of nitro benzene ring substituents is 1. The van der Waals surface area contributed by atoms with Crippen molar-refractivity contribution in [2.45, 2.75) is 6.10 Å². The van der Waals surface area contributed by atoms with Crippen molar-refractivity contribution in [3.8, 4) is 0 Å². The second kappa shape index (κ2) is 3.53. The van der Waals surface area contributed by atoms with Crippen LogP contribution in [0.25, 0.3) is 0 Å². The molecule has 4 fully saturated rings. The third-order valence-corrected chi connectivity index (χ3v) is 5.84. The van der Waals surface area contributed by atoms with Crippen molar-refractivity contribution >= 4 is 11.7 Å². The van der Waals surface area contributed by atoms with E-state index in [2.05, 4.69) is 12.2 Å². The summed E-state index contributed by atoms with van der Waals surface area (Å²) in [6, 6.07) is 5.63. The summed E-state index contributed by atoms with van der Waals surface area (Å²) in [4.78, 5) is 22.4. The largest absolute Gasteiger partial charge is 0.458 e. The number of carbonyl (C=O) groups excluding carboxylic acids is 1. The molecule has 6 rings (SSSR count). The monoisotopic (exact) mass is 283 g/mol. The smallest absolute Gasteiger partial charge is 0.338 e. The highest BCUT2D eigenvalue weighted by atomic mass is 16.6. The summed E-state index contributed by atoms with van der Waals surface area (Å²) in [6.07, 6.45) is 4.65. The first-order valence-electron chi connectivity index (χ1n) is 7.30. The molecule has 6 bridgehead atoms. The molecule has 4 saturated carbocycles. The van der Waals surface area contributed by atoms with E-state index in [0.29, 0.717) is 29.2 Å². The lowest BCUT2D eigenvalue weighted by molar-refractivity contribution is -0.384. The zero-order valence-electron chi connectivity index (χ0n) is 11.1. The van der Waals surface area contributed by atoms with Gasteiger partial charge in [-0.25, -0.2) is 4.79 Å². The SMILES string of the molecule is O=C(OC1C2C3C=CC2C2C3C12)c1ccc([N+](=O)[O-])cc1. The average Bonchev–Trinajstić information content (AvgIpc) is 2.75. The van der Waals surface area contributed by atoms with Crippen LogP contribution < -0.4 is 0 Å². The van der Waals surface area contributed by atoms with Gasteiger partial charge in [-0.1, -0.05) is 12.2 Å². The van der Waals surface area contributed by atoms with Crippen LogP contribution in [0.5, 0.6) is 0 Å². The molecule has 5 atom stereocenters. The molecule has 5 heteroatoms. The Bertz CT molecular complexity index is 675. The maximum absolute atomic E-state index is 12.2. The molecular formula is C16H13NO4. The zero-order chi connectivity index (χ0) is 14.3. The van der Waals surface area contributed by atoms with Crippen molar-refractivity contribution in [2.75, 3.05) is 0 Å². The minimum absolute atomic E-state index is 0.0147. The lowest BCUT2D eigenvalue weighted by atomic mass is 9.98. The van der Waals surface area contributed by atoms with Crippen molar-refractivity contribution in [2.24, 2.45) is 35.5 Å². The molecule has 0 saturated heterocycles. The summed E-state index contributed by atoms with van der Waals surface area (Å²) in [7, 11) is 0. The van der Waals surface area contributed by atoms with E-state index in [4.69, 9.17) is 4.74 Å². The Kier molecular flexibility index (Phi) is 1.93. The lowest BCUT2D eigenvalue weighted by Crippen LogP contribution is -2.24. The van der Waals surface area contributed by atoms with Crippen molar-refractivity contribution < 1.29 is 14.5 Å². The number of allylic oxidation sites excluding steroid dienone is 2. The first kappa shape index (κ1) is 11.5. The van der Waals surface area contributed by atoms with Crippen LogP contribution in [-0.4, -0.2) is 17.0 Å². The van der Waals surface area contributed by atoms with E-state index in [1.807, 2.05) is 0 Å². The Morgan fingerprint density at radius 2 is 1.62 bits per heavy atom. The standard InChI is InChI=1S/C16H13NO4/c18-16(7-1-3-8(4-2-7)17(19)20)21-15-11-9-5-6-10(11)13-12(9)14(13)15/h1-6,9-15H. The maximum atomic E-state index is 12.2. The van der Waals surface area contributed by atoms with Gasteiger partial charge >= 0.3 is 5.97 Å². The highest BCUT2D eigenvalue weighted by molar-refractivity contribution is 5.89. The van der Waals surface area contributed by atoms with E-state index in [-0.39, 0.29) is 17.8 Å². The second-order valence-corrected chi connectivity index (χ2v) is 6.52. The van der Waals surface area contributed by atoms with Crippen LogP contribution in [0.15, 0.2) is 36.4 Å². The first-order chi connectivity index (χ1) is 10.2. The fraction of sp³-hybridized carbons (Fsp3) is 0.438. The van der Waals surface area contributed by atoms with Gasteiger partial charge in [-0.2, -0.15) is 0 Å². The van der Waals surface area contributed by atoms with Crippen LogP contribution in [0.1, 0.15) is 10.4 Å². The number of hydrogen-bond donors (Lipinski definition) is 0. The fourth-order valence-corrected chi connectivity index (χ4v) is 5.15. The third kappa shape index (κ3) is 1.29. The normalized spacial score (nSPS) is 43.1. The van der Waals surface area contributed by atoms with Crippen molar-refractivity contribution in [3.05, 3.63) is 52.1 Å². The highest BCUT2D eigenvalue weighted by Gasteiger charge is 2.79. The molecule has 0 spiro atoms. The van der Waals surface area contributed by atoms with Crippen LogP contribution in [-0.2, 0) is 4.74 Å². The van der Waals surface area contributed by atoms with E-state index in [9.17, 15) is 14.9 Å². The molecule has 0 aromatic heterocycles. The number of nitro groups is 1. The van der Waals surface area contributed by atoms with Crippen LogP contribution in [0.3, 0.4) is 0 Å². The molecule has 5 aliphatic rings. The van der Waals surface area contributed by atoms with Gasteiger partial charge in [0.05, 0.1) is 10.5 Å². The molecular weight excluding hydrogens is 270 g/mol. The predicted octanol–water partition coefficient (Wildman–Crippen LogP) is 2.43. The number of non-ortho nitro benzene ring substituents is 1. The van der Waals surface area contributed by atoms with Crippen molar-refractivity contribution in [1.29, 1.82) is 0 Å². The number of carbonyl (C=O) groups is 1. The number of nitrogens with zero attached hydrogens (tertiary/aromatic N) is 1. The number of benzene rings is 1. The minimum Gasteiger partial charge on any atom is -0.458 e. The molecule has 0 radical (unpaired) electrons. The molecule has 21 heavy (non-hydrogen) atoms. The maximum Gasteiger partial charge on any atom is 0.338 e. The summed E-state index contributed by atoms with van der Waals surface area (Å²) < 4.78 is 5.74. The van der Waals surface area contributed by atoms with Gasteiger partial charge in [0.25, 0.3) is 5.69 Å². The molecule has 5 aliphatic carbocycles. The molecule has 5 nitrogen and oxygen atoms in total. The Labute approximate surface area is 120 Å². The summed E-state index contributed by atoms with van der Waals surface area (Å²) in [5, 5.41) is 10.6. The molecule has 1 aromatic carbocycles. The van der Waals surface area contributed by atoms with Crippen molar-refractivity contribution in [3.63, 3.8) is 0 Å². The molecule has 0 amide bonds. The van der Waals surface area contributed by atoms with Crippen LogP contribution in [0.2, 0.25) is 0 Å². The van der Waals surface area contributed by atoms with Gasteiger partial charge in [0, 0.05) is 24.0 Å². The van der Waals surface area contributed by atoms with Gasteiger partial charge in [0.15, 0.2) is 0 Å². The lowest BCUT2D eigenvalue weighted by Gasteiger charge is -2.18. The fourth-order valence-electron chi connectivity index (χ4n) is 5.15. The number of hydrogen-bond acceptors (Lipinski definition) is 4. The molecule has 1 aromatic rings. The van der Waals surface area contributed by atoms with Gasteiger partial charge in [-0.15, -0.1) is 0 Å². The Morgan fingerprint density at radius 3 is 2.14 bits per heavy atom. The van der Waals surface area contributed by atoms with Crippen LogP contribution in [0, 0.1) is 45.6 Å². The van der Waals surface area contributed by atoms with Crippen LogP contribution in [0.4, 0.5) is 5.69 Å². The van der Waals surface area contributed by atoms with Gasteiger partial charge in [0.1, 0.15) is 6.10 Å². The van der Waals surface area contributed by atoms with Gasteiger partial charge in [-0.3, -0.25) is 10.1 Å².